The van der Waals surface area contributed by atoms with Gasteiger partial charge in [0.05, 0.1) is 55.8 Å². The number of rotatable bonds is 27. The lowest BCUT2D eigenvalue weighted by molar-refractivity contribution is -0.204. The Bertz CT molecular complexity index is 5390. The molecule has 0 N–H and O–H groups in total. The van der Waals surface area contributed by atoms with Crippen molar-refractivity contribution in [2.45, 2.75) is 227 Å². The standard InChI is InChI=1S/C31H33O3S.C30H33O2S.C29H31O2S.C26H29O3S/c1-31(24-17-22-16-23(19-24)20-25(31)18-22)34-30(32)21-33-26-12-14-29(15-13-26)35(27-8-4-2-5-9-27)28-10-6-3-7-11-28;1-21-14-26(31-20-32-30-24-16-22-15-23(18-24)19-25(30)17-22)12-13-29(21)33(27-8-4-2-5-9-27)28-10-6-3-7-11-28;1-3-7-26(8-4-1)32(27-9-5-2-6-10-27)28-13-11-25(12-14-28)30-20-31-29-23-16-21-15-22(18-23)19-24(29)17-21;1-19-16-23(17-20(2)25(19)28-18-24(27)29-26(3,4)5)30(21-12-8-6-9-13-21)22-14-10-7-11-15-22/h2-15,22-25H,16-21H2,1H3;2-14,22-25,30H,15-20H2,1H3;1-14,21-24,29H,15-20H2;6-17H,18H2,1-5H3/q4*+1. The van der Waals surface area contributed by atoms with Gasteiger partial charge in [-0.25, -0.2) is 9.59 Å². The normalized spacial score (nSPS) is 24.4. The lowest BCUT2D eigenvalue weighted by Crippen LogP contribution is -2.58. The number of ether oxygens (including phenoxy) is 8. The van der Waals surface area contributed by atoms with Crippen molar-refractivity contribution in [2.75, 3.05) is 26.8 Å². The Morgan fingerprint density at radius 2 is 0.585 bits per heavy atom. The lowest BCUT2D eigenvalue weighted by atomic mass is 9.50. The van der Waals surface area contributed by atoms with Crippen molar-refractivity contribution in [1.82, 2.24) is 0 Å². The highest BCUT2D eigenvalue weighted by molar-refractivity contribution is 7.98. The van der Waals surface area contributed by atoms with Crippen molar-refractivity contribution in [2.24, 2.45) is 71.0 Å². The largest absolute Gasteiger partial charge is 0.482 e. The number of aryl methyl sites for hydroxylation is 3. The maximum absolute atomic E-state index is 12.8. The van der Waals surface area contributed by atoms with Gasteiger partial charge in [0.2, 0.25) is 0 Å². The van der Waals surface area contributed by atoms with E-state index in [-0.39, 0.29) is 74.3 Å². The lowest BCUT2D eigenvalue weighted by Gasteiger charge is -2.59. The molecule has 14 heteroatoms. The minimum absolute atomic E-state index is 0.0374. The fourth-order valence-electron chi connectivity index (χ4n) is 23.5. The van der Waals surface area contributed by atoms with Crippen LogP contribution < -0.4 is 18.9 Å². The Labute approximate surface area is 783 Å². The number of esters is 2. The molecule has 0 aromatic heterocycles. The van der Waals surface area contributed by atoms with Gasteiger partial charge in [0.15, 0.2) is 85.5 Å². The van der Waals surface area contributed by atoms with E-state index < -0.39 is 5.60 Å². The number of hydrogen-bond donors (Lipinski definition) is 0. The summed E-state index contributed by atoms with van der Waals surface area (Å²) in [6.45, 7) is 14.6. The first-order valence-electron chi connectivity index (χ1n) is 47.4. The summed E-state index contributed by atoms with van der Waals surface area (Å²) in [7, 11) is -0.668. The predicted octanol–water partition coefficient (Wildman–Crippen LogP) is 27.3. The first-order valence-corrected chi connectivity index (χ1v) is 52.3. The minimum atomic E-state index is -0.520. The maximum Gasteiger partial charge on any atom is 0.344 e. The monoisotopic (exact) mass is 1810 g/mol. The molecule has 0 radical (unpaired) electrons. The second-order valence-electron chi connectivity index (χ2n) is 38.8. The van der Waals surface area contributed by atoms with Crippen molar-refractivity contribution >= 4 is 55.5 Å². The SMILES string of the molecule is CC1(OC(=O)COc2ccc([S+](c3ccccc3)c3ccccc3)cc2)C2CC3CC(C2)CC1C3.Cc1cc(OCOC2C3CC4CC(C3)CC2C4)ccc1[S+](c1ccccc1)c1ccccc1.Cc1cc([S+](c2ccccc2)c2ccccc2)cc(C)c1OCC(=O)OC(C)(C)C.c1ccc([S+](c2ccccc2)c2ccc(OCOC3C4CC5CC(C4)CC3C5)cc2)cc1. The van der Waals surface area contributed by atoms with Crippen molar-refractivity contribution in [3.63, 3.8) is 0 Å². The second kappa shape index (κ2) is 41.9. The molecule has 12 fully saturated rings. The molecule has 24 rings (SSSR count). The quantitative estimate of drug-likeness (QED) is 0.0281. The Morgan fingerprint density at radius 3 is 0.915 bits per heavy atom. The van der Waals surface area contributed by atoms with Crippen molar-refractivity contribution in [1.29, 1.82) is 0 Å². The van der Waals surface area contributed by atoms with Crippen LogP contribution in [-0.4, -0.2) is 62.1 Å². The Morgan fingerprint density at radius 1 is 0.300 bits per heavy atom. The van der Waals surface area contributed by atoms with E-state index >= 15 is 0 Å². The molecule has 12 aromatic rings. The Balaban J connectivity index is 0.000000117. The van der Waals surface area contributed by atoms with E-state index in [2.05, 4.69) is 311 Å². The highest BCUT2D eigenvalue weighted by atomic mass is 32.2. The van der Waals surface area contributed by atoms with Crippen LogP contribution in [0.2, 0.25) is 0 Å². The van der Waals surface area contributed by atoms with E-state index in [4.69, 9.17) is 37.9 Å². The summed E-state index contributed by atoms with van der Waals surface area (Å²) in [6, 6.07) is 113. The van der Waals surface area contributed by atoms with Crippen LogP contribution in [0.4, 0.5) is 0 Å². The fourth-order valence-corrected chi connectivity index (χ4v) is 32.1. The Hall–Kier alpha value is -9.90. The summed E-state index contributed by atoms with van der Waals surface area (Å²) in [5.41, 5.74) is 2.46. The first kappa shape index (κ1) is 90.6. The molecule has 12 saturated carbocycles. The summed E-state index contributed by atoms with van der Waals surface area (Å²) in [4.78, 5) is 40.4. The second-order valence-corrected chi connectivity index (χ2v) is 46.8. The van der Waals surface area contributed by atoms with Gasteiger partial charge in [-0.2, -0.15) is 0 Å². The molecule has 0 atom stereocenters. The molecule has 0 saturated heterocycles. The van der Waals surface area contributed by atoms with Crippen LogP contribution in [0.15, 0.2) is 380 Å². The van der Waals surface area contributed by atoms with E-state index in [9.17, 15) is 9.59 Å². The topological polar surface area (TPSA) is 108 Å². The van der Waals surface area contributed by atoms with Gasteiger partial charge in [-0.15, -0.1) is 0 Å². The van der Waals surface area contributed by atoms with Gasteiger partial charge in [0.25, 0.3) is 0 Å². The van der Waals surface area contributed by atoms with Crippen LogP contribution >= 0.6 is 0 Å². The molecule has 12 aliphatic carbocycles. The molecule has 130 heavy (non-hydrogen) atoms. The van der Waals surface area contributed by atoms with Gasteiger partial charge in [-0.05, 0) is 391 Å². The number of carbonyl (C=O) groups is 2. The summed E-state index contributed by atoms with van der Waals surface area (Å²) >= 11 is 0. The van der Waals surface area contributed by atoms with Crippen LogP contribution in [0.5, 0.6) is 23.0 Å². The predicted molar refractivity (Wildman–Crippen MR) is 523 cm³/mol. The molecule has 670 valence electrons. The average molecular weight is 1810 g/mol. The molecule has 0 heterocycles. The van der Waals surface area contributed by atoms with Gasteiger partial charge < -0.3 is 37.9 Å². The van der Waals surface area contributed by atoms with Gasteiger partial charge in [0, 0.05) is 17.7 Å². The molecule has 0 spiro atoms. The third-order valence-corrected chi connectivity index (χ3v) is 37.5. The van der Waals surface area contributed by atoms with Crippen molar-refractivity contribution < 1.29 is 47.5 Å². The van der Waals surface area contributed by atoms with Crippen LogP contribution in [0.1, 0.15) is 141 Å². The van der Waals surface area contributed by atoms with Crippen LogP contribution in [0.3, 0.4) is 0 Å². The van der Waals surface area contributed by atoms with Crippen LogP contribution in [0.25, 0.3) is 0 Å². The van der Waals surface area contributed by atoms with Gasteiger partial charge in [0.1, 0.15) is 34.2 Å². The van der Waals surface area contributed by atoms with Gasteiger partial charge in [-0.1, -0.05) is 146 Å². The minimum Gasteiger partial charge on any atom is -0.482 e. The van der Waals surface area contributed by atoms with Gasteiger partial charge in [-0.3, -0.25) is 0 Å². The summed E-state index contributed by atoms with van der Waals surface area (Å²) in [5, 5.41) is 0. The zero-order chi connectivity index (χ0) is 89.1. The smallest absolute Gasteiger partial charge is 0.344 e. The molecule has 0 unspecified atom stereocenters. The number of benzene rings is 12. The zero-order valence-corrected chi connectivity index (χ0v) is 79.6. The van der Waals surface area contributed by atoms with Gasteiger partial charge >= 0.3 is 11.9 Å². The maximum atomic E-state index is 12.8. The molecule has 12 bridgehead atoms. The fraction of sp³-hybridized carbons (Fsp3) is 0.362. The average Bonchev–Trinajstić information content (AvgIpc) is 0.730. The van der Waals surface area contributed by atoms with Crippen LogP contribution in [0, 0.1) is 91.8 Å². The Kier molecular flexibility index (Phi) is 29.2. The molecule has 12 aliphatic rings. The van der Waals surface area contributed by atoms with Crippen molar-refractivity contribution in [3.05, 3.63) is 338 Å². The van der Waals surface area contributed by atoms with E-state index in [0.29, 0.717) is 43.4 Å². The summed E-state index contributed by atoms with van der Waals surface area (Å²) in [5.74, 6) is 12.4. The highest BCUT2D eigenvalue weighted by Gasteiger charge is 2.58. The summed E-state index contributed by atoms with van der Waals surface area (Å²) < 4.78 is 48.1. The zero-order valence-electron chi connectivity index (χ0n) is 76.3. The summed E-state index contributed by atoms with van der Waals surface area (Å²) in [6.07, 6.45) is 21.2. The molecule has 0 amide bonds. The number of hydrogen-bond acceptors (Lipinski definition) is 10. The molecular weight excluding hydrogens is 1680 g/mol. The highest BCUT2D eigenvalue weighted by Crippen LogP contribution is 2.60. The third kappa shape index (κ3) is 22.0. The molecule has 12 aromatic carbocycles. The molecule has 0 aliphatic heterocycles. The van der Waals surface area contributed by atoms with E-state index in [1.54, 1.807) is 0 Å². The van der Waals surface area contributed by atoms with E-state index in [1.807, 2.05) is 58.9 Å². The third-order valence-electron chi connectivity index (χ3n) is 28.4. The molecule has 10 nitrogen and oxygen atoms in total. The first-order chi connectivity index (χ1) is 63.4. The van der Waals surface area contributed by atoms with E-state index in [0.717, 1.165) is 87.6 Å². The molecular formula is C116H126O10S4+4. The van der Waals surface area contributed by atoms with Crippen molar-refractivity contribution in [3.8, 4) is 23.0 Å². The van der Waals surface area contributed by atoms with E-state index in [1.165, 1.54) is 161 Å². The number of carbonyl (C=O) groups excluding carboxylic acids is 2. The van der Waals surface area contributed by atoms with Crippen LogP contribution in [-0.2, 0) is 72.1 Å².